The number of nitrogens with one attached hydrogen (secondary N) is 1. The van der Waals surface area contributed by atoms with Gasteiger partial charge >= 0.3 is 0 Å². The van der Waals surface area contributed by atoms with Gasteiger partial charge in [0, 0.05) is 43.3 Å². The van der Waals surface area contributed by atoms with Crippen molar-refractivity contribution in [3.8, 4) is 11.5 Å². The first-order chi connectivity index (χ1) is 10.1. The van der Waals surface area contributed by atoms with E-state index in [0.29, 0.717) is 29.4 Å². The zero-order valence-corrected chi connectivity index (χ0v) is 11.7. The standard InChI is InChI=1S/C15H17N5O/c1-20-9-10(8-19-20)15-14(17)13(6-7-18-15)21-12-4-2-11(16)3-5-12/h2-7,9,19H,8,16-17H2,1H3. The van der Waals surface area contributed by atoms with E-state index in [0.717, 1.165) is 11.3 Å². The molecule has 6 nitrogen and oxygen atoms in total. The molecule has 0 bridgehead atoms. The van der Waals surface area contributed by atoms with Crippen LogP contribution in [0.15, 0.2) is 42.7 Å². The quantitative estimate of drug-likeness (QED) is 0.745. The first kappa shape index (κ1) is 13.3. The molecule has 0 saturated heterocycles. The Morgan fingerprint density at radius 3 is 2.62 bits per heavy atom. The summed E-state index contributed by atoms with van der Waals surface area (Å²) in [5.41, 5.74) is 18.0. The number of nitrogens with zero attached hydrogens (tertiary/aromatic N) is 2. The fourth-order valence-electron chi connectivity index (χ4n) is 2.14. The second-order valence-electron chi connectivity index (χ2n) is 4.84. The van der Waals surface area contributed by atoms with E-state index in [9.17, 15) is 0 Å². The Morgan fingerprint density at radius 2 is 1.95 bits per heavy atom. The summed E-state index contributed by atoms with van der Waals surface area (Å²) in [5, 5.41) is 1.88. The number of rotatable bonds is 3. The summed E-state index contributed by atoms with van der Waals surface area (Å²) in [7, 11) is 1.93. The number of hydrogen-bond donors (Lipinski definition) is 3. The fourth-order valence-corrected chi connectivity index (χ4v) is 2.14. The number of pyridine rings is 1. The molecule has 0 saturated carbocycles. The number of ether oxygens (including phenoxy) is 1. The van der Waals surface area contributed by atoms with Crippen LogP contribution in [-0.4, -0.2) is 23.6 Å². The second kappa shape index (κ2) is 5.34. The first-order valence-corrected chi connectivity index (χ1v) is 6.59. The third-order valence-corrected chi connectivity index (χ3v) is 3.23. The van der Waals surface area contributed by atoms with Crippen molar-refractivity contribution in [2.45, 2.75) is 0 Å². The van der Waals surface area contributed by atoms with Crippen molar-refractivity contribution in [2.75, 3.05) is 25.1 Å². The molecule has 0 unspecified atom stereocenters. The number of aromatic nitrogens is 1. The first-order valence-electron chi connectivity index (χ1n) is 6.59. The summed E-state index contributed by atoms with van der Waals surface area (Å²) in [6, 6.07) is 8.93. The molecule has 1 aromatic carbocycles. The van der Waals surface area contributed by atoms with E-state index in [1.54, 1.807) is 36.5 Å². The molecule has 0 amide bonds. The zero-order valence-electron chi connectivity index (χ0n) is 11.7. The molecule has 0 atom stereocenters. The minimum absolute atomic E-state index is 0.526. The number of anilines is 2. The Hall–Kier alpha value is -2.73. The lowest BCUT2D eigenvalue weighted by Gasteiger charge is -2.11. The zero-order chi connectivity index (χ0) is 14.8. The molecular formula is C15H17N5O. The molecule has 108 valence electrons. The summed E-state index contributed by atoms with van der Waals surface area (Å²) < 4.78 is 5.81. The van der Waals surface area contributed by atoms with Gasteiger partial charge in [-0.2, -0.15) is 0 Å². The van der Waals surface area contributed by atoms with Gasteiger partial charge in [-0.1, -0.05) is 0 Å². The van der Waals surface area contributed by atoms with Gasteiger partial charge in [0.05, 0.1) is 5.69 Å². The van der Waals surface area contributed by atoms with Gasteiger partial charge in [-0.25, -0.2) is 5.43 Å². The van der Waals surface area contributed by atoms with Crippen molar-refractivity contribution in [1.82, 2.24) is 15.4 Å². The molecule has 2 aromatic rings. The van der Waals surface area contributed by atoms with Gasteiger partial charge in [0.15, 0.2) is 5.75 Å². The van der Waals surface area contributed by atoms with Gasteiger partial charge < -0.3 is 21.2 Å². The average Bonchev–Trinajstić information content (AvgIpc) is 2.90. The molecule has 0 radical (unpaired) electrons. The van der Waals surface area contributed by atoms with Gasteiger partial charge in [-0.3, -0.25) is 4.98 Å². The predicted molar refractivity (Wildman–Crippen MR) is 83.3 cm³/mol. The summed E-state index contributed by atoms with van der Waals surface area (Å²) in [6.07, 6.45) is 3.66. The molecule has 0 fully saturated rings. The van der Waals surface area contributed by atoms with Crippen LogP contribution in [0.25, 0.3) is 5.57 Å². The maximum atomic E-state index is 6.19. The Morgan fingerprint density at radius 1 is 1.19 bits per heavy atom. The van der Waals surface area contributed by atoms with E-state index in [-0.39, 0.29) is 0 Å². The van der Waals surface area contributed by atoms with Crippen LogP contribution < -0.4 is 21.6 Å². The molecule has 1 aromatic heterocycles. The lowest BCUT2D eigenvalue weighted by molar-refractivity contribution is 0.374. The van der Waals surface area contributed by atoms with Crippen LogP contribution in [0.1, 0.15) is 5.69 Å². The SMILES string of the molecule is CN1C=C(c2nccc(Oc3ccc(N)cc3)c2N)CN1. The number of nitrogen functional groups attached to an aromatic ring is 2. The van der Waals surface area contributed by atoms with Crippen LogP contribution in [0.2, 0.25) is 0 Å². The van der Waals surface area contributed by atoms with Crippen molar-refractivity contribution in [3.05, 3.63) is 48.4 Å². The third-order valence-electron chi connectivity index (χ3n) is 3.23. The van der Waals surface area contributed by atoms with Crippen LogP contribution in [0.4, 0.5) is 11.4 Å². The third kappa shape index (κ3) is 2.75. The highest BCUT2D eigenvalue weighted by atomic mass is 16.5. The van der Waals surface area contributed by atoms with Crippen LogP contribution in [0, 0.1) is 0 Å². The Labute approximate surface area is 123 Å². The van der Waals surface area contributed by atoms with Gasteiger partial charge in [-0.15, -0.1) is 0 Å². The lowest BCUT2D eigenvalue weighted by atomic mass is 10.1. The Kier molecular flexibility index (Phi) is 3.37. The van der Waals surface area contributed by atoms with E-state index < -0.39 is 0 Å². The van der Waals surface area contributed by atoms with Crippen molar-refractivity contribution < 1.29 is 4.74 Å². The highest BCUT2D eigenvalue weighted by Crippen LogP contribution is 2.32. The topological polar surface area (TPSA) is 89.4 Å². The van der Waals surface area contributed by atoms with E-state index >= 15 is 0 Å². The highest BCUT2D eigenvalue weighted by Gasteiger charge is 2.16. The summed E-state index contributed by atoms with van der Waals surface area (Å²) in [6.45, 7) is 0.693. The van der Waals surface area contributed by atoms with E-state index in [1.165, 1.54) is 0 Å². The van der Waals surface area contributed by atoms with Crippen LogP contribution in [0.3, 0.4) is 0 Å². The molecule has 2 heterocycles. The predicted octanol–water partition coefficient (Wildman–Crippen LogP) is 1.83. The van der Waals surface area contributed by atoms with Crippen molar-refractivity contribution in [2.24, 2.45) is 0 Å². The Bertz CT molecular complexity index is 681. The van der Waals surface area contributed by atoms with E-state index in [2.05, 4.69) is 10.4 Å². The number of nitrogens with two attached hydrogens (primary N) is 2. The maximum absolute atomic E-state index is 6.19. The molecule has 0 spiro atoms. The van der Waals surface area contributed by atoms with E-state index in [4.69, 9.17) is 16.2 Å². The Balaban J connectivity index is 1.90. The van der Waals surface area contributed by atoms with Crippen LogP contribution >= 0.6 is 0 Å². The minimum atomic E-state index is 0.526. The normalized spacial score (nSPS) is 14.1. The average molecular weight is 283 g/mol. The minimum Gasteiger partial charge on any atom is -0.455 e. The molecule has 21 heavy (non-hydrogen) atoms. The highest BCUT2D eigenvalue weighted by molar-refractivity contribution is 5.77. The summed E-state index contributed by atoms with van der Waals surface area (Å²) >= 11 is 0. The van der Waals surface area contributed by atoms with E-state index in [1.807, 2.05) is 18.3 Å². The molecular weight excluding hydrogens is 266 g/mol. The maximum Gasteiger partial charge on any atom is 0.154 e. The molecule has 3 rings (SSSR count). The largest absolute Gasteiger partial charge is 0.455 e. The molecule has 6 heteroatoms. The van der Waals surface area contributed by atoms with Crippen molar-refractivity contribution in [1.29, 1.82) is 0 Å². The van der Waals surface area contributed by atoms with Gasteiger partial charge in [0.2, 0.25) is 0 Å². The van der Waals surface area contributed by atoms with Gasteiger partial charge in [-0.05, 0) is 24.3 Å². The summed E-state index contributed by atoms with van der Waals surface area (Å²) in [5.74, 6) is 1.27. The van der Waals surface area contributed by atoms with Gasteiger partial charge in [0.1, 0.15) is 11.4 Å². The number of hydrogen-bond acceptors (Lipinski definition) is 6. The van der Waals surface area contributed by atoms with Crippen LogP contribution in [0.5, 0.6) is 11.5 Å². The molecule has 5 N–H and O–H groups in total. The number of benzene rings is 1. The molecule has 0 aliphatic carbocycles. The second-order valence-corrected chi connectivity index (χ2v) is 4.84. The molecule has 1 aliphatic rings. The lowest BCUT2D eigenvalue weighted by Crippen LogP contribution is -2.23. The number of hydrazine groups is 1. The monoisotopic (exact) mass is 283 g/mol. The fraction of sp³-hybridized carbons (Fsp3) is 0.133. The van der Waals surface area contributed by atoms with Crippen molar-refractivity contribution >= 4 is 16.9 Å². The van der Waals surface area contributed by atoms with Gasteiger partial charge in [0.25, 0.3) is 0 Å². The van der Waals surface area contributed by atoms with Crippen molar-refractivity contribution in [3.63, 3.8) is 0 Å². The molecule has 1 aliphatic heterocycles. The summed E-state index contributed by atoms with van der Waals surface area (Å²) in [4.78, 5) is 4.35. The van der Waals surface area contributed by atoms with Crippen LogP contribution in [-0.2, 0) is 0 Å². The smallest absolute Gasteiger partial charge is 0.154 e.